The highest BCUT2D eigenvalue weighted by atomic mass is 35.5. The van der Waals surface area contributed by atoms with Gasteiger partial charge in [0.15, 0.2) is 0 Å². The normalized spacial score (nSPS) is 20.1. The van der Waals surface area contributed by atoms with E-state index in [4.69, 9.17) is 9.47 Å². The monoisotopic (exact) mass is 419 g/mol. The van der Waals surface area contributed by atoms with Crippen LogP contribution in [0.15, 0.2) is 24.3 Å². The van der Waals surface area contributed by atoms with Gasteiger partial charge in [0.1, 0.15) is 12.4 Å². The second kappa shape index (κ2) is 13.2. The molecule has 8 heteroatoms. The maximum atomic E-state index is 12.2. The fourth-order valence-electron chi connectivity index (χ4n) is 3.27. The van der Waals surface area contributed by atoms with Crippen LogP contribution in [0.3, 0.4) is 0 Å². The Morgan fingerprint density at radius 1 is 1.30 bits per heavy atom. The van der Waals surface area contributed by atoms with Gasteiger partial charge in [-0.2, -0.15) is 0 Å². The molecule has 1 aromatic rings. The molecule has 2 fully saturated rings. The van der Waals surface area contributed by atoms with Crippen molar-refractivity contribution in [2.24, 2.45) is 5.92 Å². The van der Waals surface area contributed by atoms with E-state index >= 15 is 0 Å². The second-order valence-electron chi connectivity index (χ2n) is 6.71. The molecule has 0 aliphatic carbocycles. The molecule has 0 radical (unpaired) electrons. The number of piperidine rings is 1. The minimum absolute atomic E-state index is 0. The van der Waals surface area contributed by atoms with Crippen molar-refractivity contribution in [1.29, 1.82) is 0 Å². The molecule has 3 rings (SSSR count). The van der Waals surface area contributed by atoms with Gasteiger partial charge in [0.05, 0.1) is 19.1 Å². The van der Waals surface area contributed by atoms with E-state index in [2.05, 4.69) is 15.5 Å². The summed E-state index contributed by atoms with van der Waals surface area (Å²) in [6.45, 7) is 7.52. The lowest BCUT2D eigenvalue weighted by molar-refractivity contribution is -0.125. The third-order valence-electron chi connectivity index (χ3n) is 4.81. The summed E-state index contributed by atoms with van der Waals surface area (Å²) in [5.41, 5.74) is 1.07. The molecule has 0 saturated carbocycles. The van der Waals surface area contributed by atoms with Crippen LogP contribution >= 0.6 is 24.8 Å². The first-order valence-electron chi connectivity index (χ1n) is 9.31. The molecule has 0 spiro atoms. The molecule has 27 heavy (non-hydrogen) atoms. The first kappa shape index (κ1) is 24.0. The van der Waals surface area contributed by atoms with Gasteiger partial charge in [-0.15, -0.1) is 24.8 Å². The van der Waals surface area contributed by atoms with Crippen molar-refractivity contribution in [2.45, 2.75) is 19.4 Å². The van der Waals surface area contributed by atoms with E-state index in [0.29, 0.717) is 13.2 Å². The maximum absolute atomic E-state index is 12.2. The number of morpholine rings is 1. The maximum Gasteiger partial charge on any atom is 0.224 e. The number of nitrogens with zero attached hydrogens (tertiary/aromatic N) is 1. The standard InChI is InChI=1S/C19H29N3O3.2ClH/c23-19(17-4-2-6-20-15-17)21-14-16-3-1-5-18(13-16)25-12-9-22-7-10-24-11-8-22;;/h1,3,5,13,17,20H,2,4,6-12,14-15H2,(H,21,23);2*1H. The van der Waals surface area contributed by atoms with Crippen molar-refractivity contribution >= 4 is 30.7 Å². The Labute approximate surface area is 174 Å². The summed E-state index contributed by atoms with van der Waals surface area (Å²) in [5, 5.41) is 6.33. The number of hydrogen-bond donors (Lipinski definition) is 2. The van der Waals surface area contributed by atoms with Crippen LogP contribution in [-0.4, -0.2) is 63.4 Å². The van der Waals surface area contributed by atoms with Crippen LogP contribution in [0.1, 0.15) is 18.4 Å². The fourth-order valence-corrected chi connectivity index (χ4v) is 3.27. The Morgan fingerprint density at radius 3 is 2.85 bits per heavy atom. The number of halogens is 2. The first-order valence-corrected chi connectivity index (χ1v) is 9.31. The minimum Gasteiger partial charge on any atom is -0.492 e. The molecule has 2 aliphatic heterocycles. The van der Waals surface area contributed by atoms with Crippen LogP contribution in [0.2, 0.25) is 0 Å². The zero-order valence-corrected chi connectivity index (χ0v) is 17.3. The summed E-state index contributed by atoms with van der Waals surface area (Å²) in [6.07, 6.45) is 2.05. The Bertz CT molecular complexity index is 551. The van der Waals surface area contributed by atoms with Crippen molar-refractivity contribution in [3.63, 3.8) is 0 Å². The molecule has 1 aromatic carbocycles. The Morgan fingerprint density at radius 2 is 2.11 bits per heavy atom. The number of carbonyl (C=O) groups excluding carboxylic acids is 1. The number of nitrogens with one attached hydrogen (secondary N) is 2. The van der Waals surface area contributed by atoms with Gasteiger partial charge < -0.3 is 20.1 Å². The zero-order valence-electron chi connectivity index (χ0n) is 15.7. The highest BCUT2D eigenvalue weighted by molar-refractivity contribution is 5.85. The van der Waals surface area contributed by atoms with Crippen molar-refractivity contribution in [2.75, 3.05) is 52.5 Å². The summed E-state index contributed by atoms with van der Waals surface area (Å²) in [5.74, 6) is 1.10. The van der Waals surface area contributed by atoms with E-state index in [9.17, 15) is 4.79 Å². The summed E-state index contributed by atoms with van der Waals surface area (Å²) >= 11 is 0. The Kier molecular flexibility index (Phi) is 11.7. The van der Waals surface area contributed by atoms with Crippen LogP contribution in [0.4, 0.5) is 0 Å². The van der Waals surface area contributed by atoms with Gasteiger partial charge in [-0.25, -0.2) is 0 Å². The molecule has 2 saturated heterocycles. The first-order chi connectivity index (χ1) is 12.3. The topological polar surface area (TPSA) is 62.8 Å². The molecule has 1 unspecified atom stereocenters. The summed E-state index contributed by atoms with van der Waals surface area (Å²) in [6, 6.07) is 7.98. The molecule has 2 N–H and O–H groups in total. The van der Waals surface area contributed by atoms with Crippen molar-refractivity contribution in [3.8, 4) is 5.75 Å². The molecule has 1 amide bonds. The van der Waals surface area contributed by atoms with Gasteiger partial charge in [-0.05, 0) is 37.1 Å². The molecular weight excluding hydrogens is 389 g/mol. The lowest BCUT2D eigenvalue weighted by Gasteiger charge is -2.26. The van der Waals surface area contributed by atoms with Crippen LogP contribution in [0.5, 0.6) is 5.75 Å². The van der Waals surface area contributed by atoms with E-state index in [-0.39, 0.29) is 36.6 Å². The van der Waals surface area contributed by atoms with Crippen LogP contribution in [0, 0.1) is 5.92 Å². The van der Waals surface area contributed by atoms with Crippen molar-refractivity contribution < 1.29 is 14.3 Å². The molecule has 0 aromatic heterocycles. The molecule has 6 nitrogen and oxygen atoms in total. The molecule has 2 aliphatic rings. The molecule has 154 valence electrons. The number of amides is 1. The minimum atomic E-state index is 0. The quantitative estimate of drug-likeness (QED) is 0.705. The number of carbonyl (C=O) groups is 1. The summed E-state index contributed by atoms with van der Waals surface area (Å²) in [7, 11) is 0. The fraction of sp³-hybridized carbons (Fsp3) is 0.632. The smallest absolute Gasteiger partial charge is 0.224 e. The predicted molar refractivity (Wildman–Crippen MR) is 111 cm³/mol. The van der Waals surface area contributed by atoms with E-state index in [1.807, 2.05) is 24.3 Å². The third kappa shape index (κ3) is 8.23. The van der Waals surface area contributed by atoms with Gasteiger partial charge in [0, 0.05) is 32.7 Å². The number of ether oxygens (including phenoxy) is 2. The summed E-state index contributed by atoms with van der Waals surface area (Å²) < 4.78 is 11.2. The average Bonchev–Trinajstić information content (AvgIpc) is 2.68. The van der Waals surface area contributed by atoms with E-state index in [0.717, 1.165) is 70.1 Å². The molecule has 2 heterocycles. The number of benzene rings is 1. The van der Waals surface area contributed by atoms with Gasteiger partial charge in [0.25, 0.3) is 0 Å². The molecular formula is C19H31Cl2N3O3. The van der Waals surface area contributed by atoms with E-state index in [1.54, 1.807) is 0 Å². The van der Waals surface area contributed by atoms with Crippen molar-refractivity contribution in [3.05, 3.63) is 29.8 Å². The van der Waals surface area contributed by atoms with Gasteiger partial charge in [-0.1, -0.05) is 12.1 Å². The third-order valence-corrected chi connectivity index (χ3v) is 4.81. The van der Waals surface area contributed by atoms with Crippen LogP contribution in [-0.2, 0) is 16.1 Å². The van der Waals surface area contributed by atoms with E-state index in [1.165, 1.54) is 0 Å². The number of hydrogen-bond acceptors (Lipinski definition) is 5. The highest BCUT2D eigenvalue weighted by Gasteiger charge is 2.20. The van der Waals surface area contributed by atoms with Crippen LogP contribution < -0.4 is 15.4 Å². The predicted octanol–water partition coefficient (Wildman–Crippen LogP) is 1.86. The largest absolute Gasteiger partial charge is 0.492 e. The lowest BCUT2D eigenvalue weighted by Crippen LogP contribution is -2.40. The van der Waals surface area contributed by atoms with Gasteiger partial charge in [0.2, 0.25) is 5.91 Å². The van der Waals surface area contributed by atoms with Crippen LogP contribution in [0.25, 0.3) is 0 Å². The molecule has 1 atom stereocenters. The SMILES string of the molecule is Cl.Cl.O=C(NCc1cccc(OCCN2CCOCC2)c1)C1CCCNC1. The highest BCUT2D eigenvalue weighted by Crippen LogP contribution is 2.14. The van der Waals surface area contributed by atoms with Gasteiger partial charge in [-0.3, -0.25) is 9.69 Å². The van der Waals surface area contributed by atoms with Crippen molar-refractivity contribution in [1.82, 2.24) is 15.5 Å². The van der Waals surface area contributed by atoms with E-state index < -0.39 is 0 Å². The zero-order chi connectivity index (χ0) is 17.3. The molecule has 0 bridgehead atoms. The second-order valence-corrected chi connectivity index (χ2v) is 6.71. The van der Waals surface area contributed by atoms with Gasteiger partial charge >= 0.3 is 0 Å². The number of rotatable bonds is 7. The Hall–Kier alpha value is -1.05. The lowest BCUT2D eigenvalue weighted by atomic mass is 9.99. The summed E-state index contributed by atoms with van der Waals surface area (Å²) in [4.78, 5) is 14.6. The average molecular weight is 420 g/mol. The Balaban J connectivity index is 0.00000182.